The highest BCUT2D eigenvalue weighted by atomic mass is 16.5. The van der Waals surface area contributed by atoms with Crippen LogP contribution < -0.4 is 10.1 Å². The van der Waals surface area contributed by atoms with E-state index in [0.29, 0.717) is 17.2 Å². The molecule has 1 saturated carbocycles. The van der Waals surface area contributed by atoms with Gasteiger partial charge in [-0.15, -0.1) is 0 Å². The molecule has 4 heteroatoms. The van der Waals surface area contributed by atoms with Gasteiger partial charge in [-0.1, -0.05) is 6.07 Å². The van der Waals surface area contributed by atoms with E-state index in [2.05, 4.69) is 11.4 Å². The Bertz CT molecular complexity index is 468. The van der Waals surface area contributed by atoms with Crippen molar-refractivity contribution in [1.29, 1.82) is 5.26 Å². The quantitative estimate of drug-likeness (QED) is 0.847. The van der Waals surface area contributed by atoms with Crippen molar-refractivity contribution in [3.63, 3.8) is 0 Å². The second-order valence-corrected chi connectivity index (χ2v) is 5.11. The Balaban J connectivity index is 1.84. The van der Waals surface area contributed by atoms with Crippen LogP contribution in [0.1, 0.15) is 30.4 Å². The van der Waals surface area contributed by atoms with Crippen molar-refractivity contribution < 1.29 is 9.84 Å². The van der Waals surface area contributed by atoms with Gasteiger partial charge in [-0.2, -0.15) is 5.26 Å². The summed E-state index contributed by atoms with van der Waals surface area (Å²) in [6.07, 6.45) is 2.81. The van der Waals surface area contributed by atoms with Crippen molar-refractivity contribution in [3.8, 4) is 11.8 Å². The lowest BCUT2D eigenvalue weighted by atomic mass is 10.1. The molecular weight excluding hydrogens is 240 g/mol. The van der Waals surface area contributed by atoms with E-state index in [1.165, 1.54) is 0 Å². The third-order valence-corrected chi connectivity index (χ3v) is 3.66. The Labute approximate surface area is 114 Å². The molecule has 2 N–H and O–H groups in total. The molecule has 102 valence electrons. The monoisotopic (exact) mass is 260 g/mol. The van der Waals surface area contributed by atoms with Crippen LogP contribution in [0.15, 0.2) is 18.2 Å². The number of rotatable bonds is 5. The molecule has 0 amide bonds. The Morgan fingerprint density at radius 3 is 2.95 bits per heavy atom. The molecule has 0 radical (unpaired) electrons. The Hall–Kier alpha value is -1.57. The van der Waals surface area contributed by atoms with Gasteiger partial charge in [-0.3, -0.25) is 0 Å². The molecule has 0 spiro atoms. The maximum Gasteiger partial charge on any atom is 0.136 e. The molecule has 19 heavy (non-hydrogen) atoms. The van der Waals surface area contributed by atoms with Gasteiger partial charge in [0.05, 0.1) is 18.8 Å². The van der Waals surface area contributed by atoms with Crippen molar-refractivity contribution in [2.75, 3.05) is 13.7 Å². The minimum atomic E-state index is -0.113. The topological polar surface area (TPSA) is 65.3 Å². The highest BCUT2D eigenvalue weighted by Crippen LogP contribution is 2.24. The van der Waals surface area contributed by atoms with E-state index in [4.69, 9.17) is 10.00 Å². The highest BCUT2D eigenvalue weighted by Gasteiger charge is 2.21. The van der Waals surface area contributed by atoms with Crippen LogP contribution in [0, 0.1) is 17.2 Å². The molecule has 4 nitrogen and oxygen atoms in total. The average molecular weight is 260 g/mol. The molecule has 2 unspecified atom stereocenters. The third-order valence-electron chi connectivity index (χ3n) is 3.66. The van der Waals surface area contributed by atoms with Gasteiger partial charge in [0.25, 0.3) is 0 Å². The Morgan fingerprint density at radius 2 is 2.32 bits per heavy atom. The summed E-state index contributed by atoms with van der Waals surface area (Å²) in [5.74, 6) is 1.19. The van der Waals surface area contributed by atoms with E-state index in [1.54, 1.807) is 7.11 Å². The number of nitrogens with one attached hydrogen (secondary N) is 1. The van der Waals surface area contributed by atoms with Crippen molar-refractivity contribution in [2.45, 2.75) is 31.9 Å². The number of nitriles is 1. The summed E-state index contributed by atoms with van der Waals surface area (Å²) in [5.41, 5.74) is 1.65. The predicted molar refractivity (Wildman–Crippen MR) is 72.8 cm³/mol. The highest BCUT2D eigenvalue weighted by molar-refractivity contribution is 5.45. The normalized spacial score (nSPS) is 22.2. The molecule has 2 rings (SSSR count). The fraction of sp³-hybridized carbons (Fsp3) is 0.533. The summed E-state index contributed by atoms with van der Waals surface area (Å²) in [6, 6.07) is 7.79. The average Bonchev–Trinajstić information content (AvgIpc) is 2.84. The molecule has 0 aliphatic heterocycles. The number of aliphatic hydroxyl groups excluding tert-OH is 1. The number of methoxy groups -OCH3 is 1. The van der Waals surface area contributed by atoms with Gasteiger partial charge >= 0.3 is 0 Å². The molecular formula is C15H20N2O2. The predicted octanol–water partition coefficient (Wildman–Crippen LogP) is 1.82. The summed E-state index contributed by atoms with van der Waals surface area (Å²) >= 11 is 0. The molecule has 1 fully saturated rings. The Kier molecular flexibility index (Phi) is 4.78. The van der Waals surface area contributed by atoms with Gasteiger partial charge < -0.3 is 15.2 Å². The van der Waals surface area contributed by atoms with E-state index in [-0.39, 0.29) is 6.10 Å². The van der Waals surface area contributed by atoms with E-state index in [1.807, 2.05) is 18.2 Å². The first-order chi connectivity index (χ1) is 9.22. The van der Waals surface area contributed by atoms with Crippen LogP contribution in [0.25, 0.3) is 0 Å². The fourth-order valence-corrected chi connectivity index (χ4v) is 2.61. The van der Waals surface area contributed by atoms with Crippen molar-refractivity contribution in [1.82, 2.24) is 5.32 Å². The van der Waals surface area contributed by atoms with Crippen molar-refractivity contribution in [2.24, 2.45) is 5.92 Å². The maximum atomic E-state index is 9.46. The number of aliphatic hydroxyl groups is 1. The second kappa shape index (κ2) is 6.55. The first kappa shape index (κ1) is 13.9. The van der Waals surface area contributed by atoms with Gasteiger partial charge in [0.15, 0.2) is 0 Å². The molecule has 1 aliphatic rings. The summed E-state index contributed by atoms with van der Waals surface area (Å²) in [5, 5.41) is 21.9. The molecule has 1 aromatic rings. The molecule has 1 aliphatic carbocycles. The minimum Gasteiger partial charge on any atom is -0.495 e. The number of ether oxygens (including phenoxy) is 1. The smallest absolute Gasteiger partial charge is 0.136 e. The van der Waals surface area contributed by atoms with E-state index < -0.39 is 0 Å². The summed E-state index contributed by atoms with van der Waals surface area (Å²) < 4.78 is 5.12. The molecule has 1 aromatic carbocycles. The molecule has 0 saturated heterocycles. The Morgan fingerprint density at radius 1 is 1.47 bits per heavy atom. The number of nitrogens with zero attached hydrogens (tertiary/aromatic N) is 1. The van der Waals surface area contributed by atoms with Crippen LogP contribution in [0.3, 0.4) is 0 Å². The second-order valence-electron chi connectivity index (χ2n) is 5.11. The first-order valence-electron chi connectivity index (χ1n) is 6.68. The fourth-order valence-electron chi connectivity index (χ4n) is 2.61. The van der Waals surface area contributed by atoms with Crippen LogP contribution in [0.4, 0.5) is 0 Å². The minimum absolute atomic E-state index is 0.113. The standard InChI is InChI=1S/C15H20N2O2/c1-19-15-5-3-11(6-13(15)8-16)9-17-10-12-2-4-14(18)7-12/h3,5-6,12,14,17-18H,2,4,7,9-10H2,1H3. The molecule has 2 atom stereocenters. The van der Waals surface area contributed by atoms with Gasteiger partial charge in [-0.05, 0) is 49.4 Å². The van der Waals surface area contributed by atoms with Crippen LogP contribution in [-0.4, -0.2) is 24.9 Å². The molecule has 0 bridgehead atoms. The van der Waals surface area contributed by atoms with E-state index >= 15 is 0 Å². The zero-order chi connectivity index (χ0) is 13.7. The van der Waals surface area contributed by atoms with Crippen LogP contribution in [-0.2, 0) is 6.54 Å². The lowest BCUT2D eigenvalue weighted by Gasteiger charge is -2.11. The third kappa shape index (κ3) is 3.69. The van der Waals surface area contributed by atoms with Crippen molar-refractivity contribution in [3.05, 3.63) is 29.3 Å². The summed E-state index contributed by atoms with van der Waals surface area (Å²) in [6.45, 7) is 1.66. The zero-order valence-corrected chi connectivity index (χ0v) is 11.2. The van der Waals surface area contributed by atoms with E-state index in [0.717, 1.165) is 37.9 Å². The molecule has 0 heterocycles. The van der Waals surface area contributed by atoms with Crippen LogP contribution in [0.5, 0.6) is 5.75 Å². The maximum absolute atomic E-state index is 9.46. The van der Waals surface area contributed by atoms with Gasteiger partial charge in [0, 0.05) is 6.54 Å². The summed E-state index contributed by atoms with van der Waals surface area (Å²) in [4.78, 5) is 0. The van der Waals surface area contributed by atoms with Gasteiger partial charge in [0.1, 0.15) is 11.8 Å². The van der Waals surface area contributed by atoms with Crippen LogP contribution in [0.2, 0.25) is 0 Å². The van der Waals surface area contributed by atoms with Gasteiger partial charge in [-0.25, -0.2) is 0 Å². The molecule has 0 aromatic heterocycles. The van der Waals surface area contributed by atoms with Gasteiger partial charge in [0.2, 0.25) is 0 Å². The van der Waals surface area contributed by atoms with E-state index in [9.17, 15) is 5.11 Å². The first-order valence-corrected chi connectivity index (χ1v) is 6.68. The van der Waals surface area contributed by atoms with Crippen LogP contribution >= 0.6 is 0 Å². The lowest BCUT2D eigenvalue weighted by molar-refractivity contribution is 0.177. The largest absolute Gasteiger partial charge is 0.495 e. The van der Waals surface area contributed by atoms with Crippen molar-refractivity contribution >= 4 is 0 Å². The SMILES string of the molecule is COc1ccc(CNCC2CCC(O)C2)cc1C#N. The number of hydrogen-bond acceptors (Lipinski definition) is 4. The number of benzene rings is 1. The number of hydrogen-bond donors (Lipinski definition) is 2. The zero-order valence-electron chi connectivity index (χ0n) is 11.2. The summed E-state index contributed by atoms with van der Waals surface area (Å²) in [7, 11) is 1.57. The lowest BCUT2D eigenvalue weighted by Crippen LogP contribution is -2.21.